The first-order chi connectivity index (χ1) is 13.8. The molecule has 1 heterocycles. The minimum absolute atomic E-state index is 0.302. The Morgan fingerprint density at radius 2 is 2.00 bits per heavy atom. The second-order valence-electron chi connectivity index (χ2n) is 6.56. The van der Waals surface area contributed by atoms with Crippen LogP contribution in [-0.2, 0) is 20.9 Å². The number of carbonyl (C=O) groups excluding carboxylic acids is 2. The first-order valence-corrected chi connectivity index (χ1v) is 9.46. The molecule has 2 N–H and O–H groups in total. The van der Waals surface area contributed by atoms with Gasteiger partial charge in [0.25, 0.3) is 0 Å². The first-order valence-electron chi connectivity index (χ1n) is 9.46. The zero-order valence-electron chi connectivity index (χ0n) is 16.3. The Bertz CT molecular complexity index is 685. The molecule has 0 spiro atoms. The molecule has 10 heteroatoms. The maximum Gasteiger partial charge on any atom is 0.405 e. The lowest BCUT2D eigenvalue weighted by Gasteiger charge is -2.24. The van der Waals surface area contributed by atoms with Gasteiger partial charge < -0.3 is 25.0 Å². The summed E-state index contributed by atoms with van der Waals surface area (Å²) in [6.07, 6.45) is -3.62. The lowest BCUT2D eigenvalue weighted by molar-refractivity contribution is -0.140. The summed E-state index contributed by atoms with van der Waals surface area (Å²) < 4.78 is 47.6. The molecular weight excluding hydrogens is 391 g/mol. The normalized spacial score (nSPS) is 16.7. The summed E-state index contributed by atoms with van der Waals surface area (Å²) >= 11 is 0. The summed E-state index contributed by atoms with van der Waals surface area (Å²) in [5, 5.41) is 4.54. The Hall–Kier alpha value is -2.33. The van der Waals surface area contributed by atoms with Gasteiger partial charge in [-0.25, -0.2) is 4.79 Å². The average Bonchev–Trinajstić information content (AvgIpc) is 3.16. The van der Waals surface area contributed by atoms with Crippen LogP contribution in [0.5, 0.6) is 0 Å². The number of rotatable bonds is 9. The van der Waals surface area contributed by atoms with Gasteiger partial charge in [-0.05, 0) is 37.5 Å². The maximum absolute atomic E-state index is 12.5. The lowest BCUT2D eigenvalue weighted by atomic mass is 10.2. The van der Waals surface area contributed by atoms with E-state index in [0.29, 0.717) is 51.5 Å². The fourth-order valence-corrected chi connectivity index (χ4v) is 2.97. The molecule has 1 aromatic rings. The number of halogens is 3. The van der Waals surface area contributed by atoms with Crippen LogP contribution in [0.1, 0.15) is 25.3 Å². The fraction of sp³-hybridized carbons (Fsp3) is 0.579. The van der Waals surface area contributed by atoms with Gasteiger partial charge >= 0.3 is 12.2 Å². The second-order valence-corrected chi connectivity index (χ2v) is 6.56. The highest BCUT2D eigenvalue weighted by Crippen LogP contribution is 2.21. The zero-order chi connectivity index (χ0) is 21.3. The molecule has 0 aliphatic carbocycles. The fourth-order valence-electron chi connectivity index (χ4n) is 2.97. The Morgan fingerprint density at radius 3 is 2.72 bits per heavy atom. The van der Waals surface area contributed by atoms with Crippen molar-refractivity contribution in [1.82, 2.24) is 10.2 Å². The zero-order valence-corrected chi connectivity index (χ0v) is 16.3. The van der Waals surface area contributed by atoms with Gasteiger partial charge in [0.2, 0.25) is 5.91 Å². The quantitative estimate of drug-likeness (QED) is 0.606. The van der Waals surface area contributed by atoms with E-state index in [9.17, 15) is 22.8 Å². The van der Waals surface area contributed by atoms with Crippen LogP contribution in [0.25, 0.3) is 0 Å². The molecule has 7 nitrogen and oxygen atoms in total. The van der Waals surface area contributed by atoms with Crippen molar-refractivity contribution in [1.29, 1.82) is 0 Å². The summed E-state index contributed by atoms with van der Waals surface area (Å²) in [5.41, 5.74) is 1.36. The van der Waals surface area contributed by atoms with Crippen molar-refractivity contribution in [2.75, 3.05) is 38.2 Å². The van der Waals surface area contributed by atoms with Crippen LogP contribution >= 0.6 is 0 Å². The number of hydrogen-bond donors (Lipinski definition) is 2. The monoisotopic (exact) mass is 417 g/mol. The number of nitrogens with zero attached hydrogens (tertiary/aromatic N) is 1. The molecule has 1 atom stereocenters. The number of hydrogen-bond acceptors (Lipinski definition) is 4. The Labute approximate surface area is 167 Å². The molecule has 3 amide bonds. The number of nitrogens with one attached hydrogen (secondary N) is 2. The number of carbonyl (C=O) groups is 2. The average molecular weight is 417 g/mol. The maximum atomic E-state index is 12.5. The minimum Gasteiger partial charge on any atom is -0.379 e. The van der Waals surface area contributed by atoms with E-state index in [1.807, 2.05) is 18.3 Å². The molecule has 29 heavy (non-hydrogen) atoms. The molecule has 0 saturated carbocycles. The van der Waals surface area contributed by atoms with Crippen molar-refractivity contribution in [2.24, 2.45) is 0 Å². The summed E-state index contributed by atoms with van der Waals surface area (Å²) in [6, 6.07) is 5.60. The second kappa shape index (κ2) is 11.0. The molecule has 1 aromatic carbocycles. The number of amides is 3. The van der Waals surface area contributed by atoms with Gasteiger partial charge in [-0.1, -0.05) is 12.1 Å². The highest BCUT2D eigenvalue weighted by atomic mass is 19.4. The van der Waals surface area contributed by atoms with Crippen molar-refractivity contribution in [3.8, 4) is 0 Å². The van der Waals surface area contributed by atoms with Crippen LogP contribution in [0.2, 0.25) is 0 Å². The van der Waals surface area contributed by atoms with Gasteiger partial charge in [-0.2, -0.15) is 13.2 Å². The SMILES string of the molecule is CCOCCOCc1cccc(NC(=O)N2CCCC2C(=O)NCC(F)(F)F)c1. The number of anilines is 1. The van der Waals surface area contributed by atoms with Crippen molar-refractivity contribution >= 4 is 17.6 Å². The van der Waals surface area contributed by atoms with Crippen molar-refractivity contribution in [3.63, 3.8) is 0 Å². The summed E-state index contributed by atoms with van der Waals surface area (Å²) in [5.74, 6) is -0.800. The third kappa shape index (κ3) is 7.90. The standard InChI is InChI=1S/C19H26F3N3O4/c1-2-28-9-10-29-12-14-5-3-6-15(11-14)24-18(27)25-8-4-7-16(25)17(26)23-13-19(20,21)22/h3,5-6,11,16H,2,4,7-10,12-13H2,1H3,(H,23,26)(H,24,27). The first kappa shape index (κ1) is 23.0. The molecule has 1 fully saturated rings. The number of ether oxygens (including phenoxy) is 2. The van der Waals surface area contributed by atoms with Gasteiger partial charge in [-0.3, -0.25) is 4.79 Å². The topological polar surface area (TPSA) is 79.9 Å². The molecule has 0 bridgehead atoms. The molecule has 0 radical (unpaired) electrons. The largest absolute Gasteiger partial charge is 0.405 e. The van der Waals surface area contributed by atoms with E-state index in [4.69, 9.17) is 9.47 Å². The van der Waals surface area contributed by atoms with E-state index in [-0.39, 0.29) is 0 Å². The van der Waals surface area contributed by atoms with E-state index >= 15 is 0 Å². The Balaban J connectivity index is 1.88. The van der Waals surface area contributed by atoms with Crippen molar-refractivity contribution in [3.05, 3.63) is 29.8 Å². The van der Waals surface area contributed by atoms with Gasteiger partial charge in [-0.15, -0.1) is 0 Å². The smallest absolute Gasteiger partial charge is 0.379 e. The number of likely N-dealkylation sites (tertiary alicyclic amines) is 1. The predicted molar refractivity (Wildman–Crippen MR) is 100 cm³/mol. The van der Waals surface area contributed by atoms with Crippen LogP contribution < -0.4 is 10.6 Å². The molecule has 162 valence electrons. The van der Waals surface area contributed by atoms with Gasteiger partial charge in [0, 0.05) is 18.8 Å². The summed E-state index contributed by atoms with van der Waals surface area (Å²) in [6.45, 7) is 2.71. The Morgan fingerprint density at radius 1 is 1.24 bits per heavy atom. The van der Waals surface area contributed by atoms with Crippen LogP contribution in [0.3, 0.4) is 0 Å². The van der Waals surface area contributed by atoms with Crippen molar-refractivity contribution in [2.45, 2.75) is 38.6 Å². The van der Waals surface area contributed by atoms with Crippen molar-refractivity contribution < 1.29 is 32.2 Å². The van der Waals surface area contributed by atoms with Crippen LogP contribution in [-0.4, -0.2) is 62.0 Å². The third-order valence-corrected chi connectivity index (χ3v) is 4.30. The number of urea groups is 1. The molecule has 1 unspecified atom stereocenters. The van der Waals surface area contributed by atoms with E-state index in [1.165, 1.54) is 4.90 Å². The molecule has 2 rings (SSSR count). The molecule has 0 aromatic heterocycles. The number of alkyl halides is 3. The van der Waals surface area contributed by atoms with Crippen LogP contribution in [0.15, 0.2) is 24.3 Å². The minimum atomic E-state index is -4.49. The van der Waals surface area contributed by atoms with Gasteiger partial charge in [0.05, 0.1) is 19.8 Å². The molecule has 1 aliphatic heterocycles. The third-order valence-electron chi connectivity index (χ3n) is 4.30. The molecular formula is C19H26F3N3O4. The van der Waals surface area contributed by atoms with E-state index in [0.717, 1.165) is 5.56 Å². The van der Waals surface area contributed by atoms with E-state index in [1.54, 1.807) is 18.2 Å². The highest BCUT2D eigenvalue weighted by molar-refractivity contribution is 5.94. The van der Waals surface area contributed by atoms with E-state index in [2.05, 4.69) is 5.32 Å². The van der Waals surface area contributed by atoms with Crippen LogP contribution in [0, 0.1) is 0 Å². The summed E-state index contributed by atoms with van der Waals surface area (Å²) in [4.78, 5) is 25.8. The van der Waals surface area contributed by atoms with E-state index < -0.39 is 30.7 Å². The van der Waals surface area contributed by atoms with Gasteiger partial charge in [0.15, 0.2) is 0 Å². The summed E-state index contributed by atoms with van der Waals surface area (Å²) in [7, 11) is 0. The number of benzene rings is 1. The highest BCUT2D eigenvalue weighted by Gasteiger charge is 2.36. The van der Waals surface area contributed by atoms with Crippen LogP contribution in [0.4, 0.5) is 23.7 Å². The lowest BCUT2D eigenvalue weighted by Crippen LogP contribution is -2.49. The molecule has 1 saturated heterocycles. The van der Waals surface area contributed by atoms with Gasteiger partial charge in [0.1, 0.15) is 12.6 Å². The predicted octanol–water partition coefficient (Wildman–Crippen LogP) is 2.91. The Kier molecular flexibility index (Phi) is 8.71. The molecule has 1 aliphatic rings.